The van der Waals surface area contributed by atoms with E-state index in [4.69, 9.17) is 0 Å². The third kappa shape index (κ3) is 3.56. The largest absolute Gasteiger partial charge is 0.311 e. The number of benzene rings is 1. The second kappa shape index (κ2) is 7.33. The van der Waals surface area contributed by atoms with Gasteiger partial charge in [0.1, 0.15) is 11.8 Å². The lowest BCUT2D eigenvalue weighted by Gasteiger charge is -2.17. The van der Waals surface area contributed by atoms with Crippen LogP contribution >= 0.6 is 0 Å². The van der Waals surface area contributed by atoms with Gasteiger partial charge in [-0.15, -0.1) is 0 Å². The Hall–Kier alpha value is -2.27. The summed E-state index contributed by atoms with van der Waals surface area (Å²) in [5.41, 5.74) is 4.12. The van der Waals surface area contributed by atoms with E-state index in [9.17, 15) is 0 Å². The van der Waals surface area contributed by atoms with E-state index in [1.807, 2.05) is 12.4 Å². The second-order valence-corrected chi connectivity index (χ2v) is 5.63. The molecule has 0 aliphatic carbocycles. The molecular weight excluding hydrogens is 286 g/mol. The van der Waals surface area contributed by atoms with Crippen molar-refractivity contribution in [2.75, 3.05) is 19.6 Å². The summed E-state index contributed by atoms with van der Waals surface area (Å²) >= 11 is 0. The van der Waals surface area contributed by atoms with Crippen molar-refractivity contribution in [2.24, 2.45) is 0 Å². The molecule has 2 aromatic heterocycles. The van der Waals surface area contributed by atoms with Gasteiger partial charge in [0.05, 0.1) is 18.6 Å². The Morgan fingerprint density at radius 3 is 2.52 bits per heavy atom. The fourth-order valence-electron chi connectivity index (χ4n) is 2.81. The van der Waals surface area contributed by atoms with E-state index in [0.717, 1.165) is 49.5 Å². The fourth-order valence-corrected chi connectivity index (χ4v) is 2.81. The van der Waals surface area contributed by atoms with E-state index in [1.54, 1.807) is 6.33 Å². The van der Waals surface area contributed by atoms with E-state index in [1.165, 1.54) is 5.56 Å². The first-order valence-corrected chi connectivity index (χ1v) is 8.22. The monoisotopic (exact) mass is 309 g/mol. The van der Waals surface area contributed by atoms with Crippen molar-refractivity contribution >= 4 is 11.2 Å². The Labute approximate surface area is 137 Å². The Morgan fingerprint density at radius 1 is 1.00 bits per heavy atom. The summed E-state index contributed by atoms with van der Waals surface area (Å²) in [5.74, 6) is 0. The highest BCUT2D eigenvalue weighted by atomic mass is 15.1. The highest BCUT2D eigenvalue weighted by Crippen LogP contribution is 2.15. The molecule has 0 unspecified atom stereocenters. The standard InChI is InChI=1S/C18H23N5/c1-3-22(4-2)11-10-16-17-18(20-13-19-16)23(14-21-17)12-15-8-6-5-7-9-15/h5-9,13-14H,3-4,10-12H2,1-2H3. The molecule has 0 amide bonds. The number of hydrogen-bond acceptors (Lipinski definition) is 4. The highest BCUT2D eigenvalue weighted by Gasteiger charge is 2.11. The minimum absolute atomic E-state index is 0.782. The van der Waals surface area contributed by atoms with E-state index in [2.05, 4.69) is 62.5 Å². The SMILES string of the molecule is CCN(CC)CCc1ncnc2c1ncn2Cc1ccccc1. The molecule has 120 valence electrons. The Kier molecular flexibility index (Phi) is 4.98. The summed E-state index contributed by atoms with van der Waals surface area (Å²) in [6.45, 7) is 8.29. The summed E-state index contributed by atoms with van der Waals surface area (Å²) in [4.78, 5) is 15.9. The summed E-state index contributed by atoms with van der Waals surface area (Å²) in [6, 6.07) is 10.4. The quantitative estimate of drug-likeness (QED) is 0.673. The van der Waals surface area contributed by atoms with Crippen LogP contribution in [0.1, 0.15) is 25.1 Å². The molecule has 0 spiro atoms. The number of fused-ring (bicyclic) bond motifs is 1. The highest BCUT2D eigenvalue weighted by molar-refractivity contribution is 5.73. The van der Waals surface area contributed by atoms with Gasteiger partial charge in [-0.1, -0.05) is 44.2 Å². The molecule has 5 nitrogen and oxygen atoms in total. The zero-order valence-corrected chi connectivity index (χ0v) is 13.8. The van der Waals surface area contributed by atoms with Crippen molar-refractivity contribution in [3.05, 3.63) is 54.2 Å². The van der Waals surface area contributed by atoms with E-state index in [0.29, 0.717) is 0 Å². The van der Waals surface area contributed by atoms with Gasteiger partial charge in [-0.2, -0.15) is 0 Å². The van der Waals surface area contributed by atoms with Gasteiger partial charge in [0, 0.05) is 13.0 Å². The van der Waals surface area contributed by atoms with E-state index in [-0.39, 0.29) is 0 Å². The summed E-state index contributed by atoms with van der Waals surface area (Å²) in [7, 11) is 0. The number of imidazole rings is 1. The lowest BCUT2D eigenvalue weighted by atomic mass is 10.2. The maximum Gasteiger partial charge on any atom is 0.163 e. The molecule has 0 bridgehead atoms. The molecule has 1 aromatic carbocycles. The number of hydrogen-bond donors (Lipinski definition) is 0. The van der Waals surface area contributed by atoms with Crippen molar-refractivity contribution in [3.8, 4) is 0 Å². The van der Waals surface area contributed by atoms with Gasteiger partial charge in [0.25, 0.3) is 0 Å². The van der Waals surface area contributed by atoms with E-state index >= 15 is 0 Å². The minimum atomic E-state index is 0.782. The number of rotatable bonds is 7. The van der Waals surface area contributed by atoms with Gasteiger partial charge in [0.2, 0.25) is 0 Å². The first-order chi connectivity index (χ1) is 11.3. The van der Waals surface area contributed by atoms with Gasteiger partial charge in [-0.25, -0.2) is 15.0 Å². The summed E-state index contributed by atoms with van der Waals surface area (Å²) < 4.78 is 2.09. The molecule has 5 heteroatoms. The average Bonchev–Trinajstić information content (AvgIpc) is 3.00. The maximum absolute atomic E-state index is 4.56. The van der Waals surface area contributed by atoms with Gasteiger partial charge >= 0.3 is 0 Å². The molecular formula is C18H23N5. The van der Waals surface area contributed by atoms with Crippen LogP contribution in [0, 0.1) is 0 Å². The smallest absolute Gasteiger partial charge is 0.163 e. The first kappa shape index (κ1) is 15.6. The van der Waals surface area contributed by atoms with Crippen molar-refractivity contribution in [1.29, 1.82) is 0 Å². The van der Waals surface area contributed by atoms with Crippen LogP contribution in [0.2, 0.25) is 0 Å². The van der Waals surface area contributed by atoms with Gasteiger partial charge in [-0.3, -0.25) is 0 Å². The Balaban J connectivity index is 1.82. The molecule has 23 heavy (non-hydrogen) atoms. The van der Waals surface area contributed by atoms with Gasteiger partial charge in [-0.05, 0) is 18.7 Å². The van der Waals surface area contributed by atoms with Crippen molar-refractivity contribution in [3.63, 3.8) is 0 Å². The lowest BCUT2D eigenvalue weighted by molar-refractivity contribution is 0.307. The van der Waals surface area contributed by atoms with Crippen molar-refractivity contribution in [2.45, 2.75) is 26.8 Å². The predicted molar refractivity (Wildman–Crippen MR) is 92.4 cm³/mol. The van der Waals surface area contributed by atoms with Crippen LogP contribution in [-0.4, -0.2) is 44.1 Å². The maximum atomic E-state index is 4.56. The van der Waals surface area contributed by atoms with Gasteiger partial charge < -0.3 is 9.47 Å². The van der Waals surface area contributed by atoms with Crippen LogP contribution in [0.4, 0.5) is 0 Å². The lowest BCUT2D eigenvalue weighted by Crippen LogP contribution is -2.25. The van der Waals surface area contributed by atoms with Crippen LogP contribution in [0.5, 0.6) is 0 Å². The second-order valence-electron chi connectivity index (χ2n) is 5.63. The molecule has 2 heterocycles. The molecule has 0 saturated heterocycles. The van der Waals surface area contributed by atoms with Crippen LogP contribution in [0.3, 0.4) is 0 Å². The van der Waals surface area contributed by atoms with Gasteiger partial charge in [0.15, 0.2) is 5.65 Å². The van der Waals surface area contributed by atoms with Crippen LogP contribution in [0.15, 0.2) is 43.0 Å². The van der Waals surface area contributed by atoms with Crippen molar-refractivity contribution < 1.29 is 0 Å². The van der Waals surface area contributed by atoms with Crippen LogP contribution < -0.4 is 0 Å². The van der Waals surface area contributed by atoms with Crippen LogP contribution in [-0.2, 0) is 13.0 Å². The summed E-state index contributed by atoms with van der Waals surface area (Å²) in [5, 5.41) is 0. The zero-order valence-electron chi connectivity index (χ0n) is 13.8. The molecule has 3 aromatic rings. The molecule has 0 saturated carbocycles. The molecule has 0 atom stereocenters. The Bertz CT molecular complexity index is 746. The molecule has 3 rings (SSSR count). The first-order valence-electron chi connectivity index (χ1n) is 8.22. The molecule has 0 radical (unpaired) electrons. The number of likely N-dealkylation sites (N-methyl/N-ethyl adjacent to an activating group) is 1. The molecule has 0 N–H and O–H groups in total. The molecule has 0 aliphatic rings. The minimum Gasteiger partial charge on any atom is -0.311 e. The third-order valence-corrected chi connectivity index (χ3v) is 4.23. The van der Waals surface area contributed by atoms with Crippen LogP contribution in [0.25, 0.3) is 11.2 Å². The Morgan fingerprint density at radius 2 is 1.78 bits per heavy atom. The average molecular weight is 309 g/mol. The summed E-state index contributed by atoms with van der Waals surface area (Å²) in [6.07, 6.45) is 4.43. The number of nitrogens with zero attached hydrogens (tertiary/aromatic N) is 5. The third-order valence-electron chi connectivity index (χ3n) is 4.23. The van der Waals surface area contributed by atoms with E-state index < -0.39 is 0 Å². The topological polar surface area (TPSA) is 46.8 Å². The number of aromatic nitrogens is 4. The van der Waals surface area contributed by atoms with Crippen molar-refractivity contribution in [1.82, 2.24) is 24.4 Å². The predicted octanol–water partition coefficient (Wildman–Crippen LogP) is 2.76. The molecule has 0 aliphatic heterocycles. The molecule has 0 fully saturated rings. The normalized spacial score (nSPS) is 11.4. The zero-order chi connectivity index (χ0) is 16.1. The fraction of sp³-hybridized carbons (Fsp3) is 0.389.